The van der Waals surface area contributed by atoms with Crippen LogP contribution in [-0.2, 0) is 0 Å². The van der Waals surface area contributed by atoms with Gasteiger partial charge in [-0.25, -0.2) is 0 Å². The van der Waals surface area contributed by atoms with Gasteiger partial charge in [-0.3, -0.25) is 9.78 Å². The molecule has 0 spiro atoms. The lowest BCUT2D eigenvalue weighted by molar-refractivity contribution is 0.0932. The van der Waals surface area contributed by atoms with E-state index >= 15 is 0 Å². The van der Waals surface area contributed by atoms with Gasteiger partial charge in [0.2, 0.25) is 11.7 Å². The van der Waals surface area contributed by atoms with E-state index < -0.39 is 6.04 Å². The molecule has 2 aromatic carbocycles. The zero-order valence-electron chi connectivity index (χ0n) is 16.2. The summed E-state index contributed by atoms with van der Waals surface area (Å²) in [6.45, 7) is 3.84. The summed E-state index contributed by atoms with van der Waals surface area (Å²) in [5, 5.41) is 6.92. The predicted octanol–water partition coefficient (Wildman–Crippen LogP) is 4.60. The molecule has 0 saturated heterocycles. The molecule has 0 bridgehead atoms. The number of aromatic nitrogens is 3. The van der Waals surface area contributed by atoms with Crippen LogP contribution in [0.25, 0.3) is 22.5 Å². The van der Waals surface area contributed by atoms with Gasteiger partial charge in [-0.15, -0.1) is 0 Å². The highest BCUT2D eigenvalue weighted by atomic mass is 16.5. The van der Waals surface area contributed by atoms with Gasteiger partial charge < -0.3 is 9.84 Å². The van der Waals surface area contributed by atoms with Crippen LogP contribution in [0.3, 0.4) is 0 Å². The molecule has 144 valence electrons. The van der Waals surface area contributed by atoms with Crippen molar-refractivity contribution in [2.45, 2.75) is 19.9 Å². The van der Waals surface area contributed by atoms with Crippen LogP contribution < -0.4 is 5.32 Å². The van der Waals surface area contributed by atoms with Crippen LogP contribution in [0.2, 0.25) is 0 Å². The SMILES string of the molecule is Cc1ccc(-c2noc(C(C)NC(=O)c3ccc(-c4ccncc4)cc3)n2)cc1. The number of carbonyl (C=O) groups is 1. The molecular formula is C23H20N4O2. The van der Waals surface area contributed by atoms with Gasteiger partial charge in [-0.1, -0.05) is 47.1 Å². The Labute approximate surface area is 168 Å². The molecule has 0 aliphatic heterocycles. The molecule has 1 atom stereocenters. The number of hydrogen-bond donors (Lipinski definition) is 1. The Hall–Kier alpha value is -3.80. The normalized spacial score (nSPS) is 11.8. The van der Waals surface area contributed by atoms with Crippen LogP contribution in [0.1, 0.15) is 34.8 Å². The molecule has 1 amide bonds. The lowest BCUT2D eigenvalue weighted by Crippen LogP contribution is -2.26. The standard InChI is InChI=1S/C23H20N4O2/c1-15-3-5-19(6-4-15)21-26-23(29-27-21)16(2)25-22(28)20-9-7-17(8-10-20)18-11-13-24-14-12-18/h3-14,16H,1-2H3,(H,25,28). The van der Waals surface area contributed by atoms with Crippen molar-refractivity contribution in [3.63, 3.8) is 0 Å². The van der Waals surface area contributed by atoms with Gasteiger partial charge in [0.25, 0.3) is 5.91 Å². The van der Waals surface area contributed by atoms with Gasteiger partial charge in [-0.05, 0) is 49.2 Å². The molecule has 4 aromatic rings. The first-order valence-electron chi connectivity index (χ1n) is 9.32. The third-order valence-corrected chi connectivity index (χ3v) is 4.63. The number of carbonyl (C=O) groups excluding carboxylic acids is 1. The smallest absolute Gasteiger partial charge is 0.251 e. The molecule has 0 fully saturated rings. The number of nitrogens with zero attached hydrogens (tertiary/aromatic N) is 3. The van der Waals surface area contributed by atoms with Gasteiger partial charge in [0.05, 0.1) is 0 Å². The van der Waals surface area contributed by atoms with Crippen molar-refractivity contribution in [2.24, 2.45) is 0 Å². The van der Waals surface area contributed by atoms with Crippen LogP contribution in [0.5, 0.6) is 0 Å². The summed E-state index contributed by atoms with van der Waals surface area (Å²) in [5.41, 5.74) is 4.67. The second-order valence-corrected chi connectivity index (χ2v) is 6.83. The van der Waals surface area contributed by atoms with E-state index in [1.165, 1.54) is 0 Å². The van der Waals surface area contributed by atoms with Crippen LogP contribution in [-0.4, -0.2) is 21.0 Å². The van der Waals surface area contributed by atoms with Crippen molar-refractivity contribution in [3.8, 4) is 22.5 Å². The Bertz CT molecular complexity index is 1100. The number of benzene rings is 2. The monoisotopic (exact) mass is 384 g/mol. The summed E-state index contributed by atoms with van der Waals surface area (Å²) in [7, 11) is 0. The molecule has 0 aliphatic carbocycles. The lowest BCUT2D eigenvalue weighted by atomic mass is 10.0. The summed E-state index contributed by atoms with van der Waals surface area (Å²) in [5.74, 6) is 0.666. The summed E-state index contributed by atoms with van der Waals surface area (Å²) >= 11 is 0. The van der Waals surface area contributed by atoms with E-state index in [0.717, 1.165) is 22.3 Å². The number of nitrogens with one attached hydrogen (secondary N) is 1. The molecule has 1 N–H and O–H groups in total. The average molecular weight is 384 g/mol. The maximum absolute atomic E-state index is 12.6. The summed E-state index contributed by atoms with van der Waals surface area (Å²) in [4.78, 5) is 21.0. The van der Waals surface area contributed by atoms with E-state index in [1.54, 1.807) is 24.5 Å². The summed E-state index contributed by atoms with van der Waals surface area (Å²) in [6, 6.07) is 18.7. The van der Waals surface area contributed by atoms with E-state index in [0.29, 0.717) is 17.3 Å². The number of rotatable bonds is 5. The molecule has 4 rings (SSSR count). The van der Waals surface area contributed by atoms with Gasteiger partial charge in [0.1, 0.15) is 6.04 Å². The molecule has 2 heterocycles. The van der Waals surface area contributed by atoms with Crippen LogP contribution in [0.4, 0.5) is 0 Å². The zero-order chi connectivity index (χ0) is 20.2. The van der Waals surface area contributed by atoms with Crippen LogP contribution >= 0.6 is 0 Å². The summed E-state index contributed by atoms with van der Waals surface area (Å²) < 4.78 is 5.34. The molecular weight excluding hydrogens is 364 g/mol. The third-order valence-electron chi connectivity index (χ3n) is 4.63. The minimum Gasteiger partial charge on any atom is -0.341 e. The van der Waals surface area contributed by atoms with Crippen molar-refractivity contribution >= 4 is 5.91 Å². The molecule has 0 saturated carbocycles. The fourth-order valence-corrected chi connectivity index (χ4v) is 2.93. The molecule has 6 nitrogen and oxygen atoms in total. The topological polar surface area (TPSA) is 80.9 Å². The Morgan fingerprint density at radius 3 is 2.21 bits per heavy atom. The van der Waals surface area contributed by atoms with Crippen LogP contribution in [0.15, 0.2) is 77.6 Å². The average Bonchev–Trinajstić information content (AvgIpc) is 3.25. The molecule has 29 heavy (non-hydrogen) atoms. The van der Waals surface area contributed by atoms with Crippen molar-refractivity contribution in [2.75, 3.05) is 0 Å². The second kappa shape index (κ2) is 8.06. The Kier molecular flexibility index (Phi) is 5.16. The number of amides is 1. The maximum Gasteiger partial charge on any atom is 0.251 e. The maximum atomic E-state index is 12.6. The first-order valence-corrected chi connectivity index (χ1v) is 9.32. The van der Waals surface area contributed by atoms with E-state index in [2.05, 4.69) is 20.4 Å². The molecule has 0 radical (unpaired) electrons. The lowest BCUT2D eigenvalue weighted by Gasteiger charge is -2.10. The van der Waals surface area contributed by atoms with Gasteiger partial charge in [0, 0.05) is 23.5 Å². The van der Waals surface area contributed by atoms with E-state index in [1.807, 2.05) is 62.4 Å². The van der Waals surface area contributed by atoms with Crippen LogP contribution in [0, 0.1) is 6.92 Å². The van der Waals surface area contributed by atoms with Gasteiger partial charge >= 0.3 is 0 Å². The highest BCUT2D eigenvalue weighted by Crippen LogP contribution is 2.21. The Balaban J connectivity index is 1.44. The minimum atomic E-state index is -0.408. The van der Waals surface area contributed by atoms with Gasteiger partial charge in [-0.2, -0.15) is 4.98 Å². The first kappa shape index (κ1) is 18.6. The molecule has 0 aliphatic rings. The second-order valence-electron chi connectivity index (χ2n) is 6.83. The number of aryl methyl sites for hydroxylation is 1. The van der Waals surface area contributed by atoms with Crippen molar-refractivity contribution in [1.82, 2.24) is 20.4 Å². The number of hydrogen-bond acceptors (Lipinski definition) is 5. The highest BCUT2D eigenvalue weighted by Gasteiger charge is 2.18. The molecule has 6 heteroatoms. The van der Waals surface area contributed by atoms with Crippen molar-refractivity contribution < 1.29 is 9.32 Å². The highest BCUT2D eigenvalue weighted by molar-refractivity contribution is 5.94. The summed E-state index contributed by atoms with van der Waals surface area (Å²) in [6.07, 6.45) is 3.49. The largest absolute Gasteiger partial charge is 0.341 e. The number of pyridine rings is 1. The quantitative estimate of drug-likeness (QED) is 0.544. The van der Waals surface area contributed by atoms with E-state index in [4.69, 9.17) is 4.52 Å². The van der Waals surface area contributed by atoms with E-state index in [-0.39, 0.29) is 5.91 Å². The Morgan fingerprint density at radius 1 is 0.897 bits per heavy atom. The van der Waals surface area contributed by atoms with Gasteiger partial charge in [0.15, 0.2) is 0 Å². The molecule has 2 aromatic heterocycles. The fraction of sp³-hybridized carbons (Fsp3) is 0.130. The zero-order valence-corrected chi connectivity index (χ0v) is 16.2. The first-order chi connectivity index (χ1) is 14.1. The Morgan fingerprint density at radius 2 is 1.52 bits per heavy atom. The molecule has 1 unspecified atom stereocenters. The van der Waals surface area contributed by atoms with Crippen molar-refractivity contribution in [1.29, 1.82) is 0 Å². The van der Waals surface area contributed by atoms with E-state index in [9.17, 15) is 4.79 Å². The third kappa shape index (κ3) is 4.21. The van der Waals surface area contributed by atoms with Crippen molar-refractivity contribution in [3.05, 3.63) is 90.1 Å². The fourth-order valence-electron chi connectivity index (χ4n) is 2.93. The minimum absolute atomic E-state index is 0.200. The predicted molar refractivity (Wildman–Crippen MR) is 110 cm³/mol.